The monoisotopic (exact) mass is 319 g/mol. The molecule has 2 aromatic carbocycles. The predicted octanol–water partition coefficient (Wildman–Crippen LogP) is 4.34. The molecule has 1 amide bonds. The van der Waals surface area contributed by atoms with Crippen molar-refractivity contribution in [2.24, 2.45) is 0 Å². The standard InChI is InChI=1S/C17H18FNO2S/c1-3-22-16-7-5-4-6-15(16)19-17(20)12(2)21-14-10-8-13(18)9-11-14/h4-12H,3H2,1-2H3,(H,19,20)/t12-/m0/s1. The van der Waals surface area contributed by atoms with Gasteiger partial charge in [-0.2, -0.15) is 0 Å². The van der Waals surface area contributed by atoms with Gasteiger partial charge >= 0.3 is 0 Å². The van der Waals surface area contributed by atoms with Crippen LogP contribution >= 0.6 is 11.8 Å². The van der Waals surface area contributed by atoms with Crippen LogP contribution in [0.3, 0.4) is 0 Å². The summed E-state index contributed by atoms with van der Waals surface area (Å²) in [5, 5.41) is 2.87. The molecule has 0 heterocycles. The smallest absolute Gasteiger partial charge is 0.265 e. The van der Waals surface area contributed by atoms with Crippen LogP contribution in [0.5, 0.6) is 5.75 Å². The third kappa shape index (κ3) is 4.49. The molecule has 0 saturated carbocycles. The topological polar surface area (TPSA) is 38.3 Å². The summed E-state index contributed by atoms with van der Waals surface area (Å²) in [5.74, 6) is 0.804. The van der Waals surface area contributed by atoms with E-state index >= 15 is 0 Å². The summed E-state index contributed by atoms with van der Waals surface area (Å²) in [6, 6.07) is 13.2. The molecule has 116 valence electrons. The number of nitrogens with one attached hydrogen (secondary N) is 1. The van der Waals surface area contributed by atoms with Crippen LogP contribution < -0.4 is 10.1 Å². The quantitative estimate of drug-likeness (QED) is 0.805. The Bertz CT molecular complexity index is 631. The Kier molecular flexibility index (Phi) is 5.83. The lowest BCUT2D eigenvalue weighted by Gasteiger charge is -2.16. The van der Waals surface area contributed by atoms with Crippen molar-refractivity contribution in [3.63, 3.8) is 0 Å². The molecule has 0 fully saturated rings. The van der Waals surface area contributed by atoms with Crippen molar-refractivity contribution < 1.29 is 13.9 Å². The number of hydrogen-bond acceptors (Lipinski definition) is 3. The van der Waals surface area contributed by atoms with E-state index in [9.17, 15) is 9.18 Å². The Morgan fingerprint density at radius 3 is 2.59 bits per heavy atom. The molecule has 5 heteroatoms. The van der Waals surface area contributed by atoms with Crippen LogP contribution in [0.15, 0.2) is 53.4 Å². The molecule has 22 heavy (non-hydrogen) atoms. The summed E-state index contributed by atoms with van der Waals surface area (Å²) in [4.78, 5) is 13.2. The van der Waals surface area contributed by atoms with Gasteiger partial charge in [0.05, 0.1) is 5.69 Å². The minimum atomic E-state index is -0.676. The molecule has 1 atom stereocenters. The summed E-state index contributed by atoms with van der Waals surface area (Å²) < 4.78 is 18.4. The van der Waals surface area contributed by atoms with E-state index in [-0.39, 0.29) is 11.7 Å². The fourth-order valence-electron chi connectivity index (χ4n) is 1.86. The lowest BCUT2D eigenvalue weighted by atomic mass is 10.3. The van der Waals surface area contributed by atoms with Crippen molar-refractivity contribution in [1.82, 2.24) is 0 Å². The zero-order chi connectivity index (χ0) is 15.9. The van der Waals surface area contributed by atoms with E-state index in [2.05, 4.69) is 12.2 Å². The number of anilines is 1. The predicted molar refractivity (Wildman–Crippen MR) is 88.0 cm³/mol. The number of halogens is 1. The van der Waals surface area contributed by atoms with Gasteiger partial charge in [0.2, 0.25) is 0 Å². The van der Waals surface area contributed by atoms with Gasteiger partial charge in [0.1, 0.15) is 11.6 Å². The van der Waals surface area contributed by atoms with Crippen LogP contribution in [0.2, 0.25) is 0 Å². The third-order valence-corrected chi connectivity index (χ3v) is 3.90. The van der Waals surface area contributed by atoms with Gasteiger partial charge in [-0.25, -0.2) is 4.39 Å². The van der Waals surface area contributed by atoms with Crippen molar-refractivity contribution in [2.75, 3.05) is 11.1 Å². The molecule has 0 aliphatic rings. The van der Waals surface area contributed by atoms with Gasteiger partial charge in [-0.15, -0.1) is 11.8 Å². The van der Waals surface area contributed by atoms with Crippen LogP contribution in [-0.2, 0) is 4.79 Å². The number of hydrogen-bond donors (Lipinski definition) is 1. The number of thioether (sulfide) groups is 1. The average Bonchev–Trinajstić information content (AvgIpc) is 2.51. The molecule has 0 aliphatic heterocycles. The second-order valence-electron chi connectivity index (χ2n) is 4.63. The van der Waals surface area contributed by atoms with Gasteiger partial charge in [0.25, 0.3) is 5.91 Å². The Morgan fingerprint density at radius 1 is 1.23 bits per heavy atom. The molecular weight excluding hydrogens is 301 g/mol. The third-order valence-electron chi connectivity index (χ3n) is 2.94. The maximum absolute atomic E-state index is 12.9. The normalized spacial score (nSPS) is 11.8. The first-order chi connectivity index (χ1) is 10.6. The molecule has 0 aliphatic carbocycles. The average molecular weight is 319 g/mol. The van der Waals surface area contributed by atoms with Crippen molar-refractivity contribution >= 4 is 23.4 Å². The minimum absolute atomic E-state index is 0.242. The number of rotatable bonds is 6. The maximum atomic E-state index is 12.9. The van der Waals surface area contributed by atoms with Gasteiger partial charge in [-0.05, 0) is 49.1 Å². The molecular formula is C17H18FNO2S. The minimum Gasteiger partial charge on any atom is -0.481 e. The zero-order valence-electron chi connectivity index (χ0n) is 12.5. The summed E-state index contributed by atoms with van der Waals surface area (Å²) in [5.41, 5.74) is 0.772. The van der Waals surface area contributed by atoms with E-state index in [4.69, 9.17) is 4.74 Å². The number of benzene rings is 2. The number of carbonyl (C=O) groups excluding carboxylic acids is 1. The molecule has 0 aromatic heterocycles. The Hall–Kier alpha value is -2.01. The fourth-order valence-corrected chi connectivity index (χ4v) is 2.62. The molecule has 0 spiro atoms. The highest BCUT2D eigenvalue weighted by Gasteiger charge is 2.16. The van der Waals surface area contributed by atoms with Gasteiger partial charge < -0.3 is 10.1 Å². The van der Waals surface area contributed by atoms with Gasteiger partial charge in [0, 0.05) is 4.90 Å². The lowest BCUT2D eigenvalue weighted by molar-refractivity contribution is -0.122. The first kappa shape index (κ1) is 16.4. The van der Waals surface area contributed by atoms with Gasteiger partial charge in [-0.3, -0.25) is 4.79 Å². The van der Waals surface area contributed by atoms with Crippen molar-refractivity contribution in [2.45, 2.75) is 24.8 Å². The zero-order valence-corrected chi connectivity index (χ0v) is 13.3. The highest BCUT2D eigenvalue weighted by atomic mass is 32.2. The van der Waals surface area contributed by atoms with Crippen molar-refractivity contribution in [3.8, 4) is 5.75 Å². The number of para-hydroxylation sites is 1. The SMILES string of the molecule is CCSc1ccccc1NC(=O)[C@H](C)Oc1ccc(F)cc1. The first-order valence-corrected chi connectivity index (χ1v) is 8.03. The van der Waals surface area contributed by atoms with Crippen LogP contribution in [0.4, 0.5) is 10.1 Å². The fraction of sp³-hybridized carbons (Fsp3) is 0.235. The van der Waals surface area contributed by atoms with Crippen LogP contribution in [0.25, 0.3) is 0 Å². The molecule has 3 nitrogen and oxygen atoms in total. The molecule has 2 rings (SSSR count). The summed E-state index contributed by atoms with van der Waals surface area (Å²) in [6.45, 7) is 3.72. The van der Waals surface area contributed by atoms with Crippen LogP contribution in [0.1, 0.15) is 13.8 Å². The summed E-state index contributed by atoms with van der Waals surface area (Å²) in [6.07, 6.45) is -0.676. The van der Waals surface area contributed by atoms with E-state index in [1.165, 1.54) is 24.3 Å². The molecule has 0 radical (unpaired) electrons. The number of carbonyl (C=O) groups is 1. The molecule has 0 bridgehead atoms. The Balaban J connectivity index is 2.01. The van der Waals surface area contributed by atoms with E-state index in [1.807, 2.05) is 24.3 Å². The van der Waals surface area contributed by atoms with Gasteiger partial charge in [0.15, 0.2) is 6.10 Å². The second-order valence-corrected chi connectivity index (χ2v) is 5.94. The highest BCUT2D eigenvalue weighted by Crippen LogP contribution is 2.26. The lowest BCUT2D eigenvalue weighted by Crippen LogP contribution is -2.30. The first-order valence-electron chi connectivity index (χ1n) is 7.05. The maximum Gasteiger partial charge on any atom is 0.265 e. The number of ether oxygens (including phenoxy) is 1. The summed E-state index contributed by atoms with van der Waals surface area (Å²) in [7, 11) is 0. The van der Waals surface area contributed by atoms with E-state index in [0.29, 0.717) is 5.75 Å². The van der Waals surface area contributed by atoms with Crippen molar-refractivity contribution in [3.05, 3.63) is 54.3 Å². The van der Waals surface area contributed by atoms with Gasteiger partial charge in [-0.1, -0.05) is 19.1 Å². The molecule has 1 N–H and O–H groups in total. The van der Waals surface area contributed by atoms with Crippen LogP contribution in [0, 0.1) is 5.82 Å². The van der Waals surface area contributed by atoms with Crippen LogP contribution in [-0.4, -0.2) is 17.8 Å². The van der Waals surface area contributed by atoms with E-state index < -0.39 is 6.10 Å². The highest BCUT2D eigenvalue weighted by molar-refractivity contribution is 7.99. The second kappa shape index (κ2) is 7.84. The largest absolute Gasteiger partial charge is 0.481 e. The Labute approximate surface area is 133 Å². The number of amides is 1. The van der Waals surface area contributed by atoms with E-state index in [0.717, 1.165) is 16.3 Å². The Morgan fingerprint density at radius 2 is 1.91 bits per heavy atom. The van der Waals surface area contributed by atoms with Crippen molar-refractivity contribution in [1.29, 1.82) is 0 Å². The molecule has 0 unspecified atom stereocenters. The molecule has 2 aromatic rings. The summed E-state index contributed by atoms with van der Waals surface area (Å²) >= 11 is 1.66. The van der Waals surface area contributed by atoms with E-state index in [1.54, 1.807) is 18.7 Å². The molecule has 0 saturated heterocycles.